The summed E-state index contributed by atoms with van der Waals surface area (Å²) in [6.45, 7) is 1.81. The lowest BCUT2D eigenvalue weighted by Crippen LogP contribution is -2.42. The number of hydrogen-bond donors (Lipinski definition) is 0. The van der Waals surface area contributed by atoms with E-state index in [1.807, 2.05) is 4.90 Å². The van der Waals surface area contributed by atoms with Gasteiger partial charge in [-0.05, 0) is 12.8 Å². The second-order valence-electron chi connectivity index (χ2n) is 4.62. The van der Waals surface area contributed by atoms with Gasteiger partial charge in [0.1, 0.15) is 16.8 Å². The minimum atomic E-state index is -0.392. The molecule has 1 aromatic rings. The molecule has 6 heteroatoms. The third-order valence-corrected chi connectivity index (χ3v) is 3.37. The molecule has 0 bridgehead atoms. The molecule has 0 amide bonds. The molecule has 18 heavy (non-hydrogen) atoms. The number of anilines is 1. The summed E-state index contributed by atoms with van der Waals surface area (Å²) in [5.41, 5.74) is 0. The van der Waals surface area contributed by atoms with Gasteiger partial charge in [0.15, 0.2) is 6.10 Å². The van der Waals surface area contributed by atoms with E-state index in [1.54, 1.807) is 6.07 Å². The number of nitrogens with zero attached hydrogens (tertiary/aromatic N) is 4. The summed E-state index contributed by atoms with van der Waals surface area (Å²) < 4.78 is 5.32. The van der Waals surface area contributed by atoms with E-state index in [1.165, 1.54) is 0 Å². The molecule has 2 aliphatic rings. The molecule has 0 N–H and O–H groups in total. The van der Waals surface area contributed by atoms with Crippen LogP contribution in [0.25, 0.3) is 0 Å². The van der Waals surface area contributed by atoms with Gasteiger partial charge in [-0.25, -0.2) is 9.97 Å². The average Bonchev–Trinajstić information content (AvgIpc) is 3.22. The predicted molar refractivity (Wildman–Crippen MR) is 66.6 cm³/mol. The summed E-state index contributed by atoms with van der Waals surface area (Å²) in [5.74, 6) is 2.10. The highest BCUT2D eigenvalue weighted by atomic mass is 35.5. The first-order chi connectivity index (χ1) is 8.76. The Balaban J connectivity index is 1.84. The summed E-state index contributed by atoms with van der Waals surface area (Å²) in [5, 5.41) is 9.38. The average molecular weight is 265 g/mol. The number of ether oxygens (including phenoxy) is 1. The van der Waals surface area contributed by atoms with Crippen molar-refractivity contribution in [3.8, 4) is 6.07 Å². The number of nitriles is 1. The molecular weight excluding hydrogens is 252 g/mol. The first-order valence-corrected chi connectivity index (χ1v) is 6.44. The monoisotopic (exact) mass is 264 g/mol. The number of aromatic nitrogens is 2. The number of halogens is 1. The minimum absolute atomic E-state index is 0.392. The highest BCUT2D eigenvalue weighted by Crippen LogP contribution is 2.39. The van der Waals surface area contributed by atoms with Crippen LogP contribution in [0.3, 0.4) is 0 Å². The van der Waals surface area contributed by atoms with Crippen molar-refractivity contribution in [1.29, 1.82) is 5.26 Å². The van der Waals surface area contributed by atoms with E-state index < -0.39 is 6.10 Å². The molecule has 94 valence electrons. The predicted octanol–water partition coefficient (Wildman–Crippen LogP) is 1.74. The smallest absolute Gasteiger partial charge is 0.161 e. The molecule has 0 radical (unpaired) electrons. The van der Waals surface area contributed by atoms with Crippen LogP contribution in [-0.4, -0.2) is 35.8 Å². The van der Waals surface area contributed by atoms with Crippen molar-refractivity contribution in [3.05, 3.63) is 17.0 Å². The number of hydrogen-bond acceptors (Lipinski definition) is 5. The van der Waals surface area contributed by atoms with E-state index in [2.05, 4.69) is 16.0 Å². The zero-order valence-corrected chi connectivity index (χ0v) is 10.6. The molecule has 1 saturated heterocycles. The van der Waals surface area contributed by atoms with Gasteiger partial charge >= 0.3 is 0 Å². The Morgan fingerprint density at radius 3 is 3.00 bits per heavy atom. The first-order valence-electron chi connectivity index (χ1n) is 6.07. The van der Waals surface area contributed by atoms with Gasteiger partial charge in [0.2, 0.25) is 0 Å². The second-order valence-corrected chi connectivity index (χ2v) is 5.00. The van der Waals surface area contributed by atoms with Gasteiger partial charge in [-0.15, -0.1) is 0 Å². The third kappa shape index (κ3) is 2.40. The molecule has 0 spiro atoms. The Kier molecular flexibility index (Phi) is 3.06. The van der Waals surface area contributed by atoms with Crippen LogP contribution < -0.4 is 4.90 Å². The van der Waals surface area contributed by atoms with Gasteiger partial charge in [0, 0.05) is 18.5 Å². The van der Waals surface area contributed by atoms with E-state index in [4.69, 9.17) is 21.6 Å². The Bertz CT molecular complexity index is 497. The van der Waals surface area contributed by atoms with Crippen molar-refractivity contribution in [2.24, 2.45) is 0 Å². The SMILES string of the molecule is N#CC1CN(c2cc(Cl)nc(C3CC3)n2)CCO1. The van der Waals surface area contributed by atoms with Crippen LogP contribution in [0, 0.1) is 11.3 Å². The van der Waals surface area contributed by atoms with Crippen LogP contribution in [0.15, 0.2) is 6.07 Å². The Morgan fingerprint density at radius 2 is 2.28 bits per heavy atom. The van der Waals surface area contributed by atoms with Crippen molar-refractivity contribution in [1.82, 2.24) is 9.97 Å². The van der Waals surface area contributed by atoms with E-state index in [0.29, 0.717) is 24.2 Å². The normalized spacial score (nSPS) is 23.8. The Hall–Kier alpha value is -1.38. The standard InChI is InChI=1S/C12H13ClN4O/c13-10-5-11(16-12(15-10)8-1-2-8)17-3-4-18-9(6-14)7-17/h5,8-9H,1-4,7H2. The molecule has 1 saturated carbocycles. The second kappa shape index (κ2) is 4.71. The fourth-order valence-electron chi connectivity index (χ4n) is 2.04. The molecule has 3 rings (SSSR count). The molecule has 1 aliphatic heterocycles. The quantitative estimate of drug-likeness (QED) is 0.762. The van der Waals surface area contributed by atoms with Gasteiger partial charge < -0.3 is 9.64 Å². The summed E-state index contributed by atoms with van der Waals surface area (Å²) in [6.07, 6.45) is 1.89. The van der Waals surface area contributed by atoms with Crippen LogP contribution in [0.1, 0.15) is 24.6 Å². The zero-order valence-electron chi connectivity index (χ0n) is 9.84. The third-order valence-electron chi connectivity index (χ3n) is 3.18. The zero-order chi connectivity index (χ0) is 12.5. The molecule has 1 atom stereocenters. The molecule has 1 aromatic heterocycles. The minimum Gasteiger partial charge on any atom is -0.360 e. The van der Waals surface area contributed by atoms with Gasteiger partial charge in [-0.3, -0.25) is 0 Å². The summed E-state index contributed by atoms with van der Waals surface area (Å²) in [4.78, 5) is 10.9. The topological polar surface area (TPSA) is 62.0 Å². The molecule has 1 unspecified atom stereocenters. The van der Waals surface area contributed by atoms with Crippen molar-refractivity contribution in [3.63, 3.8) is 0 Å². The van der Waals surface area contributed by atoms with Gasteiger partial charge in [-0.1, -0.05) is 11.6 Å². The van der Waals surface area contributed by atoms with E-state index in [-0.39, 0.29) is 0 Å². The Labute approximate surface area is 110 Å². The van der Waals surface area contributed by atoms with Crippen molar-refractivity contribution in [2.45, 2.75) is 24.9 Å². The van der Waals surface area contributed by atoms with Crippen LogP contribution in [0.5, 0.6) is 0 Å². The van der Waals surface area contributed by atoms with Gasteiger partial charge in [-0.2, -0.15) is 5.26 Å². The molecule has 1 aliphatic carbocycles. The van der Waals surface area contributed by atoms with Crippen LogP contribution in [0.2, 0.25) is 5.15 Å². The lowest BCUT2D eigenvalue weighted by atomic mass is 10.3. The van der Waals surface area contributed by atoms with Gasteiger partial charge in [0.05, 0.1) is 19.2 Å². The molecule has 2 fully saturated rings. The fraction of sp³-hybridized carbons (Fsp3) is 0.583. The first kappa shape index (κ1) is 11.7. The van der Waals surface area contributed by atoms with E-state index >= 15 is 0 Å². The van der Waals surface area contributed by atoms with E-state index in [0.717, 1.165) is 31.0 Å². The van der Waals surface area contributed by atoms with Crippen LogP contribution in [-0.2, 0) is 4.74 Å². The number of rotatable bonds is 2. The Morgan fingerprint density at radius 1 is 1.44 bits per heavy atom. The fourth-order valence-corrected chi connectivity index (χ4v) is 2.23. The maximum atomic E-state index is 8.90. The van der Waals surface area contributed by atoms with Crippen molar-refractivity contribution in [2.75, 3.05) is 24.6 Å². The van der Waals surface area contributed by atoms with Crippen LogP contribution in [0.4, 0.5) is 5.82 Å². The maximum absolute atomic E-state index is 8.90. The summed E-state index contributed by atoms with van der Waals surface area (Å²) in [7, 11) is 0. The van der Waals surface area contributed by atoms with Gasteiger partial charge in [0.25, 0.3) is 0 Å². The molecule has 0 aromatic carbocycles. The summed E-state index contributed by atoms with van der Waals surface area (Å²) >= 11 is 6.04. The highest BCUT2D eigenvalue weighted by molar-refractivity contribution is 6.29. The van der Waals surface area contributed by atoms with Crippen LogP contribution >= 0.6 is 11.6 Å². The molecule has 2 heterocycles. The van der Waals surface area contributed by atoms with Crippen molar-refractivity contribution >= 4 is 17.4 Å². The highest BCUT2D eigenvalue weighted by Gasteiger charge is 2.28. The van der Waals surface area contributed by atoms with Crippen molar-refractivity contribution < 1.29 is 4.74 Å². The molecule has 5 nitrogen and oxygen atoms in total. The number of morpholine rings is 1. The lowest BCUT2D eigenvalue weighted by Gasteiger charge is -2.30. The summed E-state index contributed by atoms with van der Waals surface area (Å²) in [6, 6.07) is 3.88. The largest absolute Gasteiger partial charge is 0.360 e. The lowest BCUT2D eigenvalue weighted by molar-refractivity contribution is 0.0761. The molecular formula is C12H13ClN4O. The maximum Gasteiger partial charge on any atom is 0.161 e. The van der Waals surface area contributed by atoms with E-state index in [9.17, 15) is 0 Å².